The van der Waals surface area contributed by atoms with Gasteiger partial charge >= 0.3 is 0 Å². The fourth-order valence-electron chi connectivity index (χ4n) is 3.70. The van der Waals surface area contributed by atoms with Crippen molar-refractivity contribution in [3.63, 3.8) is 0 Å². The van der Waals surface area contributed by atoms with E-state index in [9.17, 15) is 0 Å². The molecule has 1 aromatic carbocycles. The number of benzene rings is 1. The Labute approximate surface area is 162 Å². The Morgan fingerprint density at radius 3 is 2.85 bits per heavy atom. The lowest BCUT2D eigenvalue weighted by molar-refractivity contribution is -0.0817. The van der Waals surface area contributed by atoms with Gasteiger partial charge in [-0.2, -0.15) is 0 Å². The van der Waals surface area contributed by atoms with E-state index in [0.29, 0.717) is 6.61 Å². The molecule has 0 saturated carbocycles. The van der Waals surface area contributed by atoms with Crippen molar-refractivity contribution in [1.29, 1.82) is 0 Å². The van der Waals surface area contributed by atoms with Crippen LogP contribution in [0.15, 0.2) is 29.3 Å². The molecule has 6 heteroatoms. The number of guanidine groups is 1. The maximum absolute atomic E-state index is 5.97. The number of nitrogens with one attached hydrogen (secondary N) is 1. The van der Waals surface area contributed by atoms with Gasteiger partial charge < -0.3 is 24.4 Å². The van der Waals surface area contributed by atoms with Gasteiger partial charge in [-0.15, -0.1) is 0 Å². The van der Waals surface area contributed by atoms with E-state index in [1.165, 1.54) is 5.56 Å². The SMILES string of the molecule is CCNC(=NCCc1ccccc1OCC)N1CCOC(C2CCCO2)C1. The zero-order valence-electron chi connectivity index (χ0n) is 16.7. The molecule has 2 fully saturated rings. The van der Waals surface area contributed by atoms with E-state index in [1.54, 1.807) is 0 Å². The second kappa shape index (κ2) is 10.5. The molecule has 0 amide bonds. The summed E-state index contributed by atoms with van der Waals surface area (Å²) in [5.74, 6) is 1.93. The summed E-state index contributed by atoms with van der Waals surface area (Å²) in [7, 11) is 0. The quantitative estimate of drug-likeness (QED) is 0.586. The monoisotopic (exact) mass is 375 g/mol. The fourth-order valence-corrected chi connectivity index (χ4v) is 3.70. The number of hydrogen-bond acceptors (Lipinski definition) is 4. The van der Waals surface area contributed by atoms with Crippen molar-refractivity contribution in [2.75, 3.05) is 46.0 Å². The molecule has 2 heterocycles. The maximum atomic E-state index is 5.97. The van der Waals surface area contributed by atoms with Gasteiger partial charge in [0.1, 0.15) is 11.9 Å². The third-order valence-corrected chi connectivity index (χ3v) is 5.02. The van der Waals surface area contributed by atoms with Gasteiger partial charge in [-0.1, -0.05) is 18.2 Å². The summed E-state index contributed by atoms with van der Waals surface area (Å²) in [4.78, 5) is 7.19. The van der Waals surface area contributed by atoms with E-state index in [2.05, 4.69) is 29.3 Å². The lowest BCUT2D eigenvalue weighted by Crippen LogP contribution is -2.53. The van der Waals surface area contributed by atoms with Crippen LogP contribution in [0.2, 0.25) is 0 Å². The first-order valence-electron chi connectivity index (χ1n) is 10.3. The summed E-state index contributed by atoms with van der Waals surface area (Å²) in [5, 5.41) is 3.44. The van der Waals surface area contributed by atoms with Crippen molar-refractivity contribution in [2.45, 2.75) is 45.3 Å². The summed E-state index contributed by atoms with van der Waals surface area (Å²) in [6.45, 7) is 9.68. The van der Waals surface area contributed by atoms with Crippen molar-refractivity contribution < 1.29 is 14.2 Å². The van der Waals surface area contributed by atoms with Crippen LogP contribution in [0.5, 0.6) is 5.75 Å². The van der Waals surface area contributed by atoms with Gasteiger partial charge in [-0.05, 0) is 44.7 Å². The van der Waals surface area contributed by atoms with Crippen LogP contribution in [0.3, 0.4) is 0 Å². The molecule has 1 aromatic rings. The van der Waals surface area contributed by atoms with Crippen molar-refractivity contribution in [3.8, 4) is 5.75 Å². The molecule has 27 heavy (non-hydrogen) atoms. The van der Waals surface area contributed by atoms with E-state index in [0.717, 1.165) is 70.4 Å². The largest absolute Gasteiger partial charge is 0.494 e. The van der Waals surface area contributed by atoms with E-state index in [-0.39, 0.29) is 12.2 Å². The summed E-state index contributed by atoms with van der Waals surface area (Å²) >= 11 is 0. The Kier molecular flexibility index (Phi) is 7.78. The Hall–Kier alpha value is -1.79. The molecule has 0 radical (unpaired) electrons. The van der Waals surface area contributed by atoms with E-state index in [4.69, 9.17) is 19.2 Å². The van der Waals surface area contributed by atoms with Crippen LogP contribution in [-0.2, 0) is 15.9 Å². The van der Waals surface area contributed by atoms with Crippen LogP contribution in [0.1, 0.15) is 32.3 Å². The van der Waals surface area contributed by atoms with Crippen molar-refractivity contribution in [1.82, 2.24) is 10.2 Å². The Morgan fingerprint density at radius 1 is 1.22 bits per heavy atom. The second-order valence-corrected chi connectivity index (χ2v) is 6.93. The molecule has 0 bridgehead atoms. The summed E-state index contributed by atoms with van der Waals surface area (Å²) in [5.41, 5.74) is 1.21. The van der Waals surface area contributed by atoms with Crippen LogP contribution < -0.4 is 10.1 Å². The highest BCUT2D eigenvalue weighted by atomic mass is 16.5. The molecule has 2 saturated heterocycles. The highest BCUT2D eigenvalue weighted by molar-refractivity contribution is 5.80. The molecule has 2 aliphatic heterocycles. The average molecular weight is 376 g/mol. The molecule has 1 N–H and O–H groups in total. The lowest BCUT2D eigenvalue weighted by atomic mass is 10.1. The van der Waals surface area contributed by atoms with Gasteiger partial charge in [0, 0.05) is 32.8 Å². The number of aliphatic imine (C=N–C) groups is 1. The zero-order chi connectivity index (χ0) is 18.9. The zero-order valence-corrected chi connectivity index (χ0v) is 16.7. The number of hydrogen-bond donors (Lipinski definition) is 1. The molecule has 150 valence electrons. The van der Waals surface area contributed by atoms with Crippen LogP contribution in [-0.4, -0.2) is 69.1 Å². The molecule has 0 aromatic heterocycles. The second-order valence-electron chi connectivity index (χ2n) is 6.93. The number of para-hydroxylation sites is 1. The molecular weight excluding hydrogens is 342 g/mol. The van der Waals surface area contributed by atoms with Gasteiger partial charge in [0.05, 0.1) is 19.3 Å². The highest BCUT2D eigenvalue weighted by Crippen LogP contribution is 2.21. The van der Waals surface area contributed by atoms with Gasteiger partial charge in [0.15, 0.2) is 5.96 Å². The predicted molar refractivity (Wildman–Crippen MR) is 108 cm³/mol. The molecule has 2 atom stereocenters. The summed E-state index contributed by atoms with van der Waals surface area (Å²) in [6, 6.07) is 8.22. The van der Waals surface area contributed by atoms with Crippen molar-refractivity contribution in [3.05, 3.63) is 29.8 Å². The number of nitrogens with zero attached hydrogens (tertiary/aromatic N) is 2. The molecule has 3 rings (SSSR count). The van der Waals surface area contributed by atoms with Gasteiger partial charge in [-0.25, -0.2) is 0 Å². The first kappa shape index (κ1) is 20.0. The minimum absolute atomic E-state index is 0.142. The normalized spacial score (nSPS) is 23.5. The first-order chi connectivity index (χ1) is 13.3. The minimum atomic E-state index is 0.142. The maximum Gasteiger partial charge on any atom is 0.194 e. The standard InChI is InChI=1S/C21H33N3O3/c1-3-22-21(23-12-11-17-8-5-6-9-18(17)25-4-2)24-13-15-27-20(16-24)19-10-7-14-26-19/h5-6,8-9,19-20H,3-4,7,10-16H2,1-2H3,(H,22,23). The molecule has 0 aliphatic carbocycles. The third-order valence-electron chi connectivity index (χ3n) is 5.02. The Bertz CT molecular complexity index is 602. The number of ether oxygens (including phenoxy) is 3. The first-order valence-corrected chi connectivity index (χ1v) is 10.3. The molecule has 6 nitrogen and oxygen atoms in total. The smallest absolute Gasteiger partial charge is 0.194 e. The van der Waals surface area contributed by atoms with Crippen LogP contribution in [0.4, 0.5) is 0 Å². The van der Waals surface area contributed by atoms with Gasteiger partial charge in [0.25, 0.3) is 0 Å². The average Bonchev–Trinajstić information content (AvgIpc) is 3.24. The summed E-state index contributed by atoms with van der Waals surface area (Å²) < 4.78 is 17.5. The van der Waals surface area contributed by atoms with E-state index < -0.39 is 0 Å². The molecule has 2 unspecified atom stereocenters. The predicted octanol–water partition coefficient (Wildman–Crippen LogP) is 2.47. The lowest BCUT2D eigenvalue weighted by Gasteiger charge is -2.37. The van der Waals surface area contributed by atoms with E-state index >= 15 is 0 Å². The molecule has 2 aliphatic rings. The number of morpholine rings is 1. The van der Waals surface area contributed by atoms with Gasteiger partial charge in [-0.3, -0.25) is 4.99 Å². The molecular formula is C21H33N3O3. The Balaban J connectivity index is 1.60. The van der Waals surface area contributed by atoms with Gasteiger partial charge in [0.2, 0.25) is 0 Å². The number of rotatable bonds is 7. The van der Waals surface area contributed by atoms with Crippen LogP contribution >= 0.6 is 0 Å². The van der Waals surface area contributed by atoms with Crippen LogP contribution in [0, 0.1) is 0 Å². The molecule has 0 spiro atoms. The topological polar surface area (TPSA) is 55.3 Å². The highest BCUT2D eigenvalue weighted by Gasteiger charge is 2.32. The summed E-state index contributed by atoms with van der Waals surface area (Å²) in [6.07, 6.45) is 3.47. The van der Waals surface area contributed by atoms with Crippen molar-refractivity contribution in [2.24, 2.45) is 4.99 Å². The van der Waals surface area contributed by atoms with E-state index in [1.807, 2.05) is 19.1 Å². The fraction of sp³-hybridized carbons (Fsp3) is 0.667. The van der Waals surface area contributed by atoms with Crippen molar-refractivity contribution >= 4 is 5.96 Å². The van der Waals surface area contributed by atoms with Crippen LogP contribution in [0.25, 0.3) is 0 Å². The third kappa shape index (κ3) is 5.59. The Morgan fingerprint density at radius 2 is 2.07 bits per heavy atom. The minimum Gasteiger partial charge on any atom is -0.494 e.